The van der Waals surface area contributed by atoms with Gasteiger partial charge in [0, 0.05) is 24.6 Å². The third kappa shape index (κ3) is 3.09. The highest BCUT2D eigenvalue weighted by molar-refractivity contribution is 5.06. The first-order chi connectivity index (χ1) is 11.7. The van der Waals surface area contributed by atoms with E-state index in [-0.39, 0.29) is 0 Å². The number of hydrogen-bond acceptors (Lipinski definition) is 7. The fourth-order valence-corrected chi connectivity index (χ4v) is 3.21. The van der Waals surface area contributed by atoms with E-state index in [2.05, 4.69) is 25.3 Å². The Bertz CT molecular complexity index is 778. The number of nitrogens with zero attached hydrogens (tertiary/aromatic N) is 6. The molecule has 8 nitrogen and oxygen atoms in total. The summed E-state index contributed by atoms with van der Waals surface area (Å²) in [6, 6.07) is 4.28. The summed E-state index contributed by atoms with van der Waals surface area (Å²) in [5.74, 6) is 2.76. The van der Waals surface area contributed by atoms with Gasteiger partial charge in [0.15, 0.2) is 11.5 Å². The van der Waals surface area contributed by atoms with Crippen molar-refractivity contribution in [2.24, 2.45) is 0 Å². The zero-order valence-electron chi connectivity index (χ0n) is 13.8. The third-order valence-corrected chi connectivity index (χ3v) is 4.37. The average Bonchev–Trinajstić information content (AvgIpc) is 3.28. The first-order valence-corrected chi connectivity index (χ1v) is 8.12. The Morgan fingerprint density at radius 3 is 2.38 bits per heavy atom. The highest BCUT2D eigenvalue weighted by atomic mass is 16.5. The molecule has 1 atom stereocenters. The van der Waals surface area contributed by atoms with Crippen molar-refractivity contribution in [3.05, 3.63) is 47.2 Å². The fourth-order valence-electron chi connectivity index (χ4n) is 3.21. The van der Waals surface area contributed by atoms with Crippen molar-refractivity contribution in [2.75, 3.05) is 0 Å². The summed E-state index contributed by atoms with van der Waals surface area (Å²) in [5.41, 5.74) is 1.78. The lowest BCUT2D eigenvalue weighted by Crippen LogP contribution is -2.40. The van der Waals surface area contributed by atoms with E-state index >= 15 is 0 Å². The molecule has 0 saturated carbocycles. The molecule has 0 aliphatic carbocycles. The van der Waals surface area contributed by atoms with Crippen LogP contribution in [0.5, 0.6) is 0 Å². The quantitative estimate of drug-likeness (QED) is 0.707. The van der Waals surface area contributed by atoms with Crippen molar-refractivity contribution < 1.29 is 9.05 Å². The second-order valence-electron chi connectivity index (χ2n) is 6.33. The number of aryl methyl sites for hydroxylation is 3. The summed E-state index contributed by atoms with van der Waals surface area (Å²) in [7, 11) is 0. The van der Waals surface area contributed by atoms with E-state index in [1.54, 1.807) is 6.33 Å². The molecule has 126 valence electrons. The van der Waals surface area contributed by atoms with Gasteiger partial charge >= 0.3 is 0 Å². The molecular weight excluding hydrogens is 308 g/mol. The molecular formula is C16H20N6O2. The van der Waals surface area contributed by atoms with Crippen LogP contribution in [0.25, 0.3) is 0 Å². The van der Waals surface area contributed by atoms with Crippen molar-refractivity contribution >= 4 is 0 Å². The molecule has 0 fully saturated rings. The summed E-state index contributed by atoms with van der Waals surface area (Å²) in [5, 5.41) is 12.3. The Balaban J connectivity index is 1.55. The smallest absolute Gasteiger partial charge is 0.150 e. The van der Waals surface area contributed by atoms with Gasteiger partial charge in [-0.3, -0.25) is 4.90 Å². The van der Waals surface area contributed by atoms with Gasteiger partial charge in [-0.15, -0.1) is 0 Å². The van der Waals surface area contributed by atoms with Crippen LogP contribution in [0.2, 0.25) is 0 Å². The van der Waals surface area contributed by atoms with Crippen LogP contribution in [0.1, 0.15) is 35.2 Å². The predicted molar refractivity (Wildman–Crippen MR) is 83.9 cm³/mol. The molecule has 24 heavy (non-hydrogen) atoms. The van der Waals surface area contributed by atoms with Crippen molar-refractivity contribution in [1.29, 1.82) is 0 Å². The van der Waals surface area contributed by atoms with Gasteiger partial charge in [0.2, 0.25) is 0 Å². The third-order valence-electron chi connectivity index (χ3n) is 4.37. The molecule has 1 aliphatic heterocycles. The van der Waals surface area contributed by atoms with Crippen LogP contribution in [0.4, 0.5) is 0 Å². The van der Waals surface area contributed by atoms with Crippen LogP contribution in [0.15, 0.2) is 27.5 Å². The predicted octanol–water partition coefficient (Wildman–Crippen LogP) is 1.89. The van der Waals surface area contributed by atoms with E-state index in [9.17, 15) is 0 Å². The van der Waals surface area contributed by atoms with Gasteiger partial charge in [0.1, 0.15) is 12.2 Å². The number of hydrogen-bond donors (Lipinski definition) is 0. The minimum absolute atomic E-state index is 0.329. The van der Waals surface area contributed by atoms with Gasteiger partial charge < -0.3 is 9.05 Å². The zero-order valence-corrected chi connectivity index (χ0v) is 13.8. The number of aromatic nitrogens is 5. The van der Waals surface area contributed by atoms with Crippen LogP contribution in [0, 0.1) is 13.8 Å². The van der Waals surface area contributed by atoms with Crippen molar-refractivity contribution in [1.82, 2.24) is 30.0 Å². The summed E-state index contributed by atoms with van der Waals surface area (Å²) in [6.45, 7) is 6.03. The second-order valence-corrected chi connectivity index (χ2v) is 6.33. The van der Waals surface area contributed by atoms with Crippen LogP contribution in [-0.4, -0.2) is 36.0 Å². The first-order valence-electron chi connectivity index (χ1n) is 8.12. The van der Waals surface area contributed by atoms with Crippen LogP contribution in [-0.2, 0) is 26.1 Å². The number of fused-ring (bicyclic) bond motifs is 1. The average molecular weight is 328 g/mol. The lowest BCUT2D eigenvalue weighted by Gasteiger charge is -2.32. The van der Waals surface area contributed by atoms with E-state index in [4.69, 9.17) is 9.05 Å². The molecule has 0 saturated heterocycles. The van der Waals surface area contributed by atoms with Crippen LogP contribution < -0.4 is 0 Å². The highest BCUT2D eigenvalue weighted by Crippen LogP contribution is 2.22. The summed E-state index contributed by atoms with van der Waals surface area (Å²) in [4.78, 5) is 6.64. The Kier molecular flexibility index (Phi) is 3.89. The standard InChI is InChI=1S/C16H20N6O2/c1-11-5-14(23-19-11)8-21(9-15-6-12(2)20-24-15)13-3-4-16-17-10-18-22(16)7-13/h5-6,10,13H,3-4,7-9H2,1-2H3. The van der Waals surface area contributed by atoms with E-state index in [0.717, 1.165) is 48.1 Å². The minimum Gasteiger partial charge on any atom is -0.360 e. The summed E-state index contributed by atoms with van der Waals surface area (Å²) < 4.78 is 12.8. The van der Waals surface area contributed by atoms with Crippen molar-refractivity contribution in [3.63, 3.8) is 0 Å². The maximum atomic E-state index is 5.41. The van der Waals surface area contributed by atoms with E-state index in [0.29, 0.717) is 19.1 Å². The van der Waals surface area contributed by atoms with Crippen molar-refractivity contribution in [2.45, 2.75) is 52.4 Å². The molecule has 8 heteroatoms. The van der Waals surface area contributed by atoms with E-state index in [1.807, 2.05) is 30.7 Å². The Morgan fingerprint density at radius 2 is 1.79 bits per heavy atom. The topological polar surface area (TPSA) is 86.0 Å². The molecule has 1 aliphatic rings. The van der Waals surface area contributed by atoms with Crippen LogP contribution >= 0.6 is 0 Å². The molecule has 0 aromatic carbocycles. The Labute approximate surface area is 139 Å². The van der Waals surface area contributed by atoms with Gasteiger partial charge in [0.25, 0.3) is 0 Å². The summed E-state index contributed by atoms with van der Waals surface area (Å²) >= 11 is 0. The molecule has 3 aromatic rings. The molecule has 3 aromatic heterocycles. The minimum atomic E-state index is 0.329. The second kappa shape index (κ2) is 6.20. The zero-order chi connectivity index (χ0) is 16.5. The number of rotatable bonds is 5. The van der Waals surface area contributed by atoms with Gasteiger partial charge in [-0.1, -0.05) is 10.3 Å². The van der Waals surface area contributed by atoms with E-state index < -0.39 is 0 Å². The van der Waals surface area contributed by atoms with Gasteiger partial charge in [-0.25, -0.2) is 9.67 Å². The van der Waals surface area contributed by atoms with Gasteiger partial charge in [0.05, 0.1) is 31.0 Å². The monoisotopic (exact) mass is 328 g/mol. The fraction of sp³-hybridized carbons (Fsp3) is 0.500. The van der Waals surface area contributed by atoms with Crippen LogP contribution in [0.3, 0.4) is 0 Å². The molecule has 0 amide bonds. The molecule has 4 rings (SSSR count). The first kappa shape index (κ1) is 15.1. The summed E-state index contributed by atoms with van der Waals surface area (Å²) in [6.07, 6.45) is 3.58. The largest absolute Gasteiger partial charge is 0.360 e. The lowest BCUT2D eigenvalue weighted by molar-refractivity contribution is 0.110. The maximum Gasteiger partial charge on any atom is 0.150 e. The molecule has 0 spiro atoms. The Morgan fingerprint density at radius 1 is 1.12 bits per heavy atom. The van der Waals surface area contributed by atoms with E-state index in [1.165, 1.54) is 0 Å². The molecule has 4 heterocycles. The maximum absolute atomic E-state index is 5.41. The molecule has 0 radical (unpaired) electrons. The van der Waals surface area contributed by atoms with Gasteiger partial charge in [-0.2, -0.15) is 5.10 Å². The SMILES string of the molecule is Cc1cc(CN(Cc2cc(C)no2)C2CCc3ncnn3C2)on1. The Hall–Kier alpha value is -2.48. The highest BCUT2D eigenvalue weighted by Gasteiger charge is 2.27. The molecule has 0 N–H and O–H groups in total. The van der Waals surface area contributed by atoms with Crippen molar-refractivity contribution in [3.8, 4) is 0 Å². The lowest BCUT2D eigenvalue weighted by atomic mass is 10.1. The molecule has 0 bridgehead atoms. The normalized spacial score (nSPS) is 17.4. The van der Waals surface area contributed by atoms with Gasteiger partial charge in [-0.05, 0) is 20.3 Å². The molecule has 1 unspecified atom stereocenters.